The molecular weight excluding hydrogens is 442 g/mol. The summed E-state index contributed by atoms with van der Waals surface area (Å²) < 4.78 is 16.5. The highest BCUT2D eigenvalue weighted by molar-refractivity contribution is 5.86. The molecule has 0 saturated carbocycles. The second kappa shape index (κ2) is 11.8. The number of hydrogen-bond donors (Lipinski definition) is 1. The Bertz CT molecular complexity index is 1150. The molecule has 7 heteroatoms. The van der Waals surface area contributed by atoms with Crippen LogP contribution in [0.1, 0.15) is 38.2 Å². The van der Waals surface area contributed by atoms with Crippen LogP contribution in [0.15, 0.2) is 48.5 Å². The van der Waals surface area contributed by atoms with E-state index in [0.717, 1.165) is 35.2 Å². The number of amides is 1. The summed E-state index contributed by atoms with van der Waals surface area (Å²) in [6.45, 7) is 3.71. The Morgan fingerprint density at radius 1 is 1.06 bits per heavy atom. The number of benzene rings is 2. The van der Waals surface area contributed by atoms with E-state index in [9.17, 15) is 4.79 Å². The lowest BCUT2D eigenvalue weighted by Crippen LogP contribution is -2.39. The minimum atomic E-state index is -0.166. The molecule has 0 spiro atoms. The maximum atomic E-state index is 12.5. The van der Waals surface area contributed by atoms with E-state index in [4.69, 9.17) is 19.2 Å². The predicted octanol–water partition coefficient (Wildman–Crippen LogP) is 4.76. The van der Waals surface area contributed by atoms with E-state index in [1.807, 2.05) is 36.4 Å². The zero-order valence-corrected chi connectivity index (χ0v) is 20.9. The minimum absolute atomic E-state index is 0.0573. The lowest BCUT2D eigenvalue weighted by atomic mass is 10.00. The van der Waals surface area contributed by atoms with Gasteiger partial charge in [0.1, 0.15) is 17.1 Å². The highest BCUT2D eigenvalue weighted by atomic mass is 16.5. The summed E-state index contributed by atoms with van der Waals surface area (Å²) in [6, 6.07) is 16.3. The number of piperidine rings is 1. The summed E-state index contributed by atoms with van der Waals surface area (Å²) in [5.41, 5.74) is 1.85. The lowest BCUT2D eigenvalue weighted by Gasteiger charge is -2.36. The molecule has 1 atom stereocenters. The van der Waals surface area contributed by atoms with Crippen molar-refractivity contribution in [1.82, 2.24) is 10.3 Å². The Morgan fingerprint density at radius 3 is 2.71 bits per heavy atom. The van der Waals surface area contributed by atoms with Gasteiger partial charge >= 0.3 is 0 Å². The first kappa shape index (κ1) is 24.6. The van der Waals surface area contributed by atoms with Gasteiger partial charge in [-0.25, -0.2) is 4.98 Å². The number of methoxy groups -OCH3 is 2. The molecule has 1 aliphatic heterocycles. The average molecular weight is 478 g/mol. The minimum Gasteiger partial charge on any atom is -0.493 e. The van der Waals surface area contributed by atoms with E-state index in [1.165, 1.54) is 19.3 Å². The molecule has 3 aromatic rings. The number of fused-ring (bicyclic) bond motifs is 1. The van der Waals surface area contributed by atoms with Crippen LogP contribution in [0.4, 0.5) is 5.82 Å². The Kier molecular flexibility index (Phi) is 8.29. The first-order valence-corrected chi connectivity index (χ1v) is 12.4. The molecule has 1 amide bonds. The number of rotatable bonds is 10. The fraction of sp³-hybridized carbons (Fsp3) is 0.429. The first-order valence-electron chi connectivity index (χ1n) is 12.4. The van der Waals surface area contributed by atoms with Crippen molar-refractivity contribution in [3.8, 4) is 17.2 Å². The van der Waals surface area contributed by atoms with Crippen molar-refractivity contribution in [2.75, 3.05) is 38.8 Å². The molecule has 1 N–H and O–H groups in total. The first-order chi connectivity index (χ1) is 17.1. The largest absolute Gasteiger partial charge is 0.493 e. The van der Waals surface area contributed by atoms with Crippen LogP contribution in [-0.2, 0) is 11.2 Å². The van der Waals surface area contributed by atoms with Crippen molar-refractivity contribution in [2.45, 2.75) is 45.1 Å². The SMILES string of the molecule is CCC1CCCCN1c1ccc2cccc(OCC(=O)NCCc3ccc(OC)c(OC)c3)c2n1. The summed E-state index contributed by atoms with van der Waals surface area (Å²) in [7, 11) is 3.22. The monoisotopic (exact) mass is 477 g/mol. The van der Waals surface area contributed by atoms with Gasteiger partial charge in [0.25, 0.3) is 5.91 Å². The summed E-state index contributed by atoms with van der Waals surface area (Å²) in [5, 5.41) is 3.93. The van der Waals surface area contributed by atoms with Gasteiger partial charge in [-0.2, -0.15) is 0 Å². The normalized spacial score (nSPS) is 15.6. The van der Waals surface area contributed by atoms with Crippen LogP contribution < -0.4 is 24.4 Å². The molecule has 0 aliphatic carbocycles. The van der Waals surface area contributed by atoms with E-state index < -0.39 is 0 Å². The lowest BCUT2D eigenvalue weighted by molar-refractivity contribution is -0.123. The number of carbonyl (C=O) groups excluding carboxylic acids is 1. The van der Waals surface area contributed by atoms with Crippen LogP contribution >= 0.6 is 0 Å². The fourth-order valence-electron chi connectivity index (χ4n) is 4.69. The second-order valence-electron chi connectivity index (χ2n) is 8.83. The van der Waals surface area contributed by atoms with Gasteiger partial charge < -0.3 is 24.4 Å². The van der Waals surface area contributed by atoms with E-state index in [1.54, 1.807) is 14.2 Å². The van der Waals surface area contributed by atoms with Gasteiger partial charge in [0.05, 0.1) is 14.2 Å². The van der Waals surface area contributed by atoms with Crippen molar-refractivity contribution in [2.24, 2.45) is 0 Å². The highest BCUT2D eigenvalue weighted by Crippen LogP contribution is 2.30. The number of nitrogens with one attached hydrogen (secondary N) is 1. The summed E-state index contributed by atoms with van der Waals surface area (Å²) in [6.07, 6.45) is 5.47. The summed E-state index contributed by atoms with van der Waals surface area (Å²) >= 11 is 0. The number of nitrogens with zero attached hydrogens (tertiary/aromatic N) is 2. The average Bonchev–Trinajstić information content (AvgIpc) is 2.91. The topological polar surface area (TPSA) is 72.9 Å². The molecule has 1 aliphatic rings. The molecule has 1 saturated heterocycles. The van der Waals surface area contributed by atoms with Gasteiger partial charge in [0.15, 0.2) is 18.1 Å². The van der Waals surface area contributed by atoms with Crippen molar-refractivity contribution >= 4 is 22.6 Å². The maximum absolute atomic E-state index is 12.5. The Balaban J connectivity index is 1.36. The summed E-state index contributed by atoms with van der Waals surface area (Å²) in [4.78, 5) is 19.8. The van der Waals surface area contributed by atoms with Gasteiger partial charge in [-0.1, -0.05) is 25.1 Å². The second-order valence-corrected chi connectivity index (χ2v) is 8.83. The van der Waals surface area contributed by atoms with Gasteiger partial charge in [0, 0.05) is 24.5 Å². The van der Waals surface area contributed by atoms with Crippen molar-refractivity contribution in [3.63, 3.8) is 0 Å². The molecule has 2 aromatic carbocycles. The van der Waals surface area contributed by atoms with E-state index in [2.05, 4.69) is 29.3 Å². The molecule has 1 aromatic heterocycles. The third kappa shape index (κ3) is 5.96. The smallest absolute Gasteiger partial charge is 0.257 e. The molecule has 35 heavy (non-hydrogen) atoms. The predicted molar refractivity (Wildman–Crippen MR) is 139 cm³/mol. The molecule has 4 rings (SSSR count). The van der Waals surface area contributed by atoms with Crippen molar-refractivity contribution < 1.29 is 19.0 Å². The molecule has 0 bridgehead atoms. The number of aromatic nitrogens is 1. The zero-order valence-electron chi connectivity index (χ0n) is 20.9. The standard InChI is InChI=1S/C28H35N3O4/c1-4-22-9-5-6-17-31(22)26-14-12-21-8-7-10-24(28(21)30-26)35-19-27(32)29-16-15-20-11-13-23(33-2)25(18-20)34-3/h7-8,10-14,18,22H,4-6,9,15-17,19H2,1-3H3,(H,29,32). The van der Waals surface area contributed by atoms with Crippen LogP contribution in [0.3, 0.4) is 0 Å². The quantitative estimate of drug-likeness (QED) is 0.454. The van der Waals surface area contributed by atoms with E-state index in [0.29, 0.717) is 36.3 Å². The third-order valence-corrected chi connectivity index (χ3v) is 6.60. The van der Waals surface area contributed by atoms with Gasteiger partial charge in [-0.3, -0.25) is 4.79 Å². The van der Waals surface area contributed by atoms with Crippen LogP contribution in [0, 0.1) is 0 Å². The number of hydrogen-bond acceptors (Lipinski definition) is 6. The fourth-order valence-corrected chi connectivity index (χ4v) is 4.69. The van der Waals surface area contributed by atoms with Crippen LogP contribution in [-0.4, -0.2) is 50.8 Å². The van der Waals surface area contributed by atoms with E-state index >= 15 is 0 Å². The maximum Gasteiger partial charge on any atom is 0.257 e. The Morgan fingerprint density at radius 2 is 1.91 bits per heavy atom. The highest BCUT2D eigenvalue weighted by Gasteiger charge is 2.22. The summed E-state index contributed by atoms with van der Waals surface area (Å²) in [5.74, 6) is 2.81. The van der Waals surface area contributed by atoms with E-state index in [-0.39, 0.29) is 12.5 Å². The van der Waals surface area contributed by atoms with Gasteiger partial charge in [-0.05, 0) is 68.0 Å². The number of ether oxygens (including phenoxy) is 3. The zero-order chi connectivity index (χ0) is 24.6. The Hall–Kier alpha value is -3.48. The molecule has 1 unspecified atom stereocenters. The van der Waals surface area contributed by atoms with Crippen LogP contribution in [0.25, 0.3) is 10.9 Å². The van der Waals surface area contributed by atoms with Crippen molar-refractivity contribution in [3.05, 3.63) is 54.1 Å². The molecule has 186 valence electrons. The molecule has 2 heterocycles. The number of carbonyl (C=O) groups is 1. The van der Waals surface area contributed by atoms with Crippen molar-refractivity contribution in [1.29, 1.82) is 0 Å². The molecule has 0 radical (unpaired) electrons. The number of para-hydroxylation sites is 1. The third-order valence-electron chi connectivity index (χ3n) is 6.60. The van der Waals surface area contributed by atoms with Gasteiger partial charge in [0.2, 0.25) is 0 Å². The van der Waals surface area contributed by atoms with Crippen LogP contribution in [0.5, 0.6) is 17.2 Å². The van der Waals surface area contributed by atoms with Gasteiger partial charge in [-0.15, -0.1) is 0 Å². The molecular formula is C28H35N3O4. The number of anilines is 1. The molecule has 7 nitrogen and oxygen atoms in total. The Labute approximate surface area is 207 Å². The van der Waals surface area contributed by atoms with Crippen LogP contribution in [0.2, 0.25) is 0 Å². The molecule has 1 fully saturated rings. The number of pyridine rings is 1.